The van der Waals surface area contributed by atoms with Crippen molar-refractivity contribution in [2.24, 2.45) is 0 Å². The van der Waals surface area contributed by atoms with Gasteiger partial charge in [-0.3, -0.25) is 9.69 Å². The first-order valence-corrected chi connectivity index (χ1v) is 9.81. The van der Waals surface area contributed by atoms with Gasteiger partial charge >= 0.3 is 0 Å². The fraction of sp³-hybridized carbons (Fsp3) is 0.435. The monoisotopic (exact) mass is 368 g/mol. The van der Waals surface area contributed by atoms with E-state index < -0.39 is 0 Å². The molecular weight excluding hydrogens is 336 g/mol. The van der Waals surface area contributed by atoms with Gasteiger partial charge in [0.1, 0.15) is 11.8 Å². The number of hydrogen-bond donors (Lipinski definition) is 1. The lowest BCUT2D eigenvalue weighted by molar-refractivity contribution is -0.127. The van der Waals surface area contributed by atoms with Crippen molar-refractivity contribution < 1.29 is 9.53 Å². The molecule has 2 aromatic rings. The van der Waals surface area contributed by atoms with Crippen molar-refractivity contribution in [3.05, 3.63) is 65.7 Å². The molecule has 2 atom stereocenters. The lowest BCUT2D eigenvalue weighted by Gasteiger charge is -2.30. The van der Waals surface area contributed by atoms with Gasteiger partial charge in [0.15, 0.2) is 0 Å². The molecule has 0 aliphatic carbocycles. The van der Waals surface area contributed by atoms with Crippen LogP contribution in [-0.2, 0) is 11.2 Å². The van der Waals surface area contributed by atoms with Crippen LogP contribution in [0.4, 0.5) is 0 Å². The molecule has 4 nitrogen and oxygen atoms in total. The Morgan fingerprint density at radius 2 is 1.67 bits per heavy atom. The molecule has 0 bridgehead atoms. The molecule has 1 amide bonds. The first-order chi connectivity index (χ1) is 13.1. The summed E-state index contributed by atoms with van der Waals surface area (Å²) < 4.78 is 5.20. The minimum Gasteiger partial charge on any atom is -0.497 e. The van der Waals surface area contributed by atoms with Crippen molar-refractivity contribution in [2.45, 2.75) is 45.7 Å². The summed E-state index contributed by atoms with van der Waals surface area (Å²) in [6.45, 7) is 7.94. The van der Waals surface area contributed by atoms with Crippen LogP contribution in [0.3, 0.4) is 0 Å². The summed E-state index contributed by atoms with van der Waals surface area (Å²) >= 11 is 0. The van der Waals surface area contributed by atoms with Gasteiger partial charge in [-0.05, 0) is 56.1 Å². The molecule has 0 radical (unpaired) electrons. The number of hydrogen-bond acceptors (Lipinski definition) is 3. The number of rotatable bonds is 10. The second kappa shape index (κ2) is 10.7. The maximum absolute atomic E-state index is 13.0. The smallest absolute Gasteiger partial charge is 0.242 e. The maximum atomic E-state index is 13.0. The van der Waals surface area contributed by atoms with Gasteiger partial charge in [-0.2, -0.15) is 0 Å². The standard InChI is InChI=1S/C23H32N2O2/c1-5-25(6-2)22(20-10-8-7-9-11-20)23(26)24-18(3)12-13-19-14-16-21(27-4)17-15-19/h7-11,14-18,22H,5-6,12-13H2,1-4H3,(H,24,26). The molecule has 1 N–H and O–H groups in total. The van der Waals surface area contributed by atoms with E-state index in [1.54, 1.807) is 7.11 Å². The molecule has 2 rings (SSSR count). The van der Waals surface area contributed by atoms with Crippen LogP contribution in [0.2, 0.25) is 0 Å². The first kappa shape index (κ1) is 21.0. The van der Waals surface area contributed by atoms with E-state index in [1.165, 1.54) is 5.56 Å². The number of ether oxygens (including phenoxy) is 1. The summed E-state index contributed by atoms with van der Waals surface area (Å²) in [6.07, 6.45) is 1.82. The number of carbonyl (C=O) groups is 1. The van der Waals surface area contributed by atoms with E-state index in [2.05, 4.69) is 43.1 Å². The molecule has 146 valence electrons. The molecule has 0 aliphatic rings. The summed E-state index contributed by atoms with van der Waals surface area (Å²) in [5.74, 6) is 0.942. The zero-order valence-corrected chi connectivity index (χ0v) is 16.9. The molecule has 0 aliphatic heterocycles. The first-order valence-electron chi connectivity index (χ1n) is 9.81. The molecule has 2 unspecified atom stereocenters. The summed E-state index contributed by atoms with van der Waals surface area (Å²) in [5, 5.41) is 3.22. The quantitative estimate of drug-likeness (QED) is 0.683. The number of nitrogens with zero attached hydrogens (tertiary/aromatic N) is 1. The van der Waals surface area contributed by atoms with E-state index in [0.29, 0.717) is 0 Å². The van der Waals surface area contributed by atoms with Crippen LogP contribution < -0.4 is 10.1 Å². The summed E-state index contributed by atoms with van der Waals surface area (Å²) in [7, 11) is 1.67. The number of aryl methyl sites for hydroxylation is 1. The van der Waals surface area contributed by atoms with Crippen LogP contribution >= 0.6 is 0 Å². The maximum Gasteiger partial charge on any atom is 0.242 e. The zero-order valence-electron chi connectivity index (χ0n) is 16.9. The van der Waals surface area contributed by atoms with Crippen molar-refractivity contribution in [3.8, 4) is 5.75 Å². The Kier molecular flexibility index (Phi) is 8.34. The Labute approximate surface area is 163 Å². The highest BCUT2D eigenvalue weighted by Crippen LogP contribution is 2.21. The predicted molar refractivity (Wildman–Crippen MR) is 111 cm³/mol. The number of benzene rings is 2. The molecule has 2 aromatic carbocycles. The van der Waals surface area contributed by atoms with Crippen LogP contribution in [-0.4, -0.2) is 37.0 Å². The molecule has 0 saturated carbocycles. The average molecular weight is 369 g/mol. The lowest BCUT2D eigenvalue weighted by atomic mass is 10.0. The minimum absolute atomic E-state index is 0.0760. The average Bonchev–Trinajstić information content (AvgIpc) is 2.71. The van der Waals surface area contributed by atoms with Gasteiger partial charge in [0.25, 0.3) is 0 Å². The van der Waals surface area contributed by atoms with Crippen molar-refractivity contribution in [1.29, 1.82) is 0 Å². The lowest BCUT2D eigenvalue weighted by Crippen LogP contribution is -2.43. The third-order valence-corrected chi connectivity index (χ3v) is 4.95. The van der Waals surface area contributed by atoms with Crippen molar-refractivity contribution in [3.63, 3.8) is 0 Å². The molecule has 0 spiro atoms. The fourth-order valence-corrected chi connectivity index (χ4v) is 3.32. The minimum atomic E-state index is -0.246. The number of amides is 1. The third-order valence-electron chi connectivity index (χ3n) is 4.95. The normalized spacial score (nSPS) is 13.2. The van der Waals surface area contributed by atoms with Gasteiger partial charge in [-0.15, -0.1) is 0 Å². The van der Waals surface area contributed by atoms with E-state index >= 15 is 0 Å². The molecule has 0 aromatic heterocycles. The Balaban J connectivity index is 1.98. The number of nitrogens with one attached hydrogen (secondary N) is 1. The third kappa shape index (κ3) is 6.10. The Morgan fingerprint density at radius 1 is 1.04 bits per heavy atom. The molecule has 0 fully saturated rings. The van der Waals surface area contributed by atoms with Crippen LogP contribution in [0.5, 0.6) is 5.75 Å². The van der Waals surface area contributed by atoms with E-state index in [-0.39, 0.29) is 18.0 Å². The topological polar surface area (TPSA) is 41.6 Å². The van der Waals surface area contributed by atoms with Crippen molar-refractivity contribution in [2.75, 3.05) is 20.2 Å². The molecule has 27 heavy (non-hydrogen) atoms. The van der Waals surface area contributed by atoms with E-state index in [1.807, 2.05) is 42.5 Å². The van der Waals surface area contributed by atoms with Crippen molar-refractivity contribution >= 4 is 5.91 Å². The van der Waals surface area contributed by atoms with Gasteiger partial charge in [0.05, 0.1) is 7.11 Å². The molecular formula is C23H32N2O2. The summed E-state index contributed by atoms with van der Waals surface area (Å²) in [5.41, 5.74) is 2.29. The second-order valence-corrected chi connectivity index (χ2v) is 6.83. The highest BCUT2D eigenvalue weighted by atomic mass is 16.5. The number of likely N-dealkylation sites (N-methyl/N-ethyl adjacent to an activating group) is 1. The second-order valence-electron chi connectivity index (χ2n) is 6.83. The van der Waals surface area contributed by atoms with Crippen molar-refractivity contribution in [1.82, 2.24) is 10.2 Å². The molecule has 0 heterocycles. The molecule has 4 heteroatoms. The number of carbonyl (C=O) groups excluding carboxylic acids is 1. The van der Waals surface area contributed by atoms with Gasteiger partial charge in [-0.25, -0.2) is 0 Å². The van der Waals surface area contributed by atoms with Gasteiger partial charge in [0.2, 0.25) is 5.91 Å². The predicted octanol–water partition coefficient (Wildman–Crippen LogP) is 4.22. The van der Waals surface area contributed by atoms with Crippen LogP contribution in [0, 0.1) is 0 Å². The fourth-order valence-electron chi connectivity index (χ4n) is 3.32. The zero-order chi connectivity index (χ0) is 19.6. The largest absolute Gasteiger partial charge is 0.497 e. The highest BCUT2D eigenvalue weighted by molar-refractivity contribution is 5.83. The van der Waals surface area contributed by atoms with Crippen LogP contribution in [0.25, 0.3) is 0 Å². The van der Waals surface area contributed by atoms with Crippen LogP contribution in [0.1, 0.15) is 44.4 Å². The van der Waals surface area contributed by atoms with Crippen LogP contribution in [0.15, 0.2) is 54.6 Å². The Bertz CT molecular complexity index is 681. The van der Waals surface area contributed by atoms with E-state index in [4.69, 9.17) is 4.74 Å². The van der Waals surface area contributed by atoms with Gasteiger partial charge in [0, 0.05) is 6.04 Å². The van der Waals surface area contributed by atoms with E-state index in [0.717, 1.165) is 37.2 Å². The SMILES string of the molecule is CCN(CC)C(C(=O)NC(C)CCc1ccc(OC)cc1)c1ccccc1. The molecule has 0 saturated heterocycles. The Morgan fingerprint density at radius 3 is 2.22 bits per heavy atom. The number of methoxy groups -OCH3 is 1. The van der Waals surface area contributed by atoms with E-state index in [9.17, 15) is 4.79 Å². The van der Waals surface area contributed by atoms with Gasteiger partial charge in [-0.1, -0.05) is 56.3 Å². The Hall–Kier alpha value is -2.33. The van der Waals surface area contributed by atoms with Gasteiger partial charge < -0.3 is 10.1 Å². The summed E-state index contributed by atoms with van der Waals surface area (Å²) in [4.78, 5) is 15.2. The highest BCUT2D eigenvalue weighted by Gasteiger charge is 2.26. The summed E-state index contributed by atoms with van der Waals surface area (Å²) in [6, 6.07) is 18.0.